The van der Waals surface area contributed by atoms with Gasteiger partial charge in [-0.1, -0.05) is 20.3 Å². The van der Waals surface area contributed by atoms with Gasteiger partial charge in [-0.2, -0.15) is 0 Å². The third kappa shape index (κ3) is 5.38. The van der Waals surface area contributed by atoms with E-state index in [0.29, 0.717) is 18.7 Å². The molecule has 0 heterocycles. The molecule has 0 aliphatic heterocycles. The summed E-state index contributed by atoms with van der Waals surface area (Å²) in [4.78, 5) is 21.9. The van der Waals surface area contributed by atoms with Crippen LogP contribution in [0.5, 0.6) is 0 Å². The van der Waals surface area contributed by atoms with Gasteiger partial charge in [0.05, 0.1) is 12.2 Å². The average Bonchev–Trinajstić information content (AvgIpc) is 2.25. The number of allylic oxidation sites excluding steroid dienone is 1. The van der Waals surface area contributed by atoms with Crippen molar-refractivity contribution in [1.29, 1.82) is 0 Å². The van der Waals surface area contributed by atoms with Crippen molar-refractivity contribution in [2.24, 2.45) is 0 Å². The molecule has 92 valence electrons. The van der Waals surface area contributed by atoms with Crippen molar-refractivity contribution in [2.75, 3.05) is 6.61 Å². The molecule has 0 atom stereocenters. The van der Waals surface area contributed by atoms with Gasteiger partial charge in [0.15, 0.2) is 0 Å². The monoisotopic (exact) mass is 229 g/mol. The summed E-state index contributed by atoms with van der Waals surface area (Å²) in [7, 11) is 0. The first-order chi connectivity index (χ1) is 7.52. The number of unbranched alkanes of at least 4 members (excludes halogenated alkanes) is 1. The summed E-state index contributed by atoms with van der Waals surface area (Å²) in [6, 6.07) is 0. The van der Waals surface area contributed by atoms with Gasteiger partial charge in [0.25, 0.3) is 0 Å². The predicted octanol–water partition coefficient (Wildman–Crippen LogP) is 2.28. The van der Waals surface area contributed by atoms with Crippen molar-refractivity contribution in [3.8, 4) is 0 Å². The van der Waals surface area contributed by atoms with Crippen LogP contribution in [0, 0.1) is 0 Å². The zero-order chi connectivity index (χ0) is 12.6. The van der Waals surface area contributed by atoms with Crippen LogP contribution in [-0.4, -0.2) is 23.8 Å². The molecule has 5 heteroatoms. The Bertz CT molecular complexity index is 284. The van der Waals surface area contributed by atoms with Gasteiger partial charge in [-0.3, -0.25) is 5.32 Å². The number of carboxylic acids is 1. The smallest absolute Gasteiger partial charge is 0.411 e. The van der Waals surface area contributed by atoms with Crippen LogP contribution in [0.25, 0.3) is 0 Å². The standard InChI is InChI=1S/C11H19NO4/c1-4-6-7-16-11(15)12-9(5-2)8(3)10(13)14/h4-7H2,1-3H3,(H,12,15)(H,13,14). The Hall–Kier alpha value is -1.52. The first-order valence-electron chi connectivity index (χ1n) is 5.39. The molecular weight excluding hydrogens is 210 g/mol. The molecule has 0 aromatic rings. The number of carbonyl (C=O) groups is 2. The molecule has 2 N–H and O–H groups in total. The van der Waals surface area contributed by atoms with Gasteiger partial charge in [-0.05, 0) is 19.8 Å². The number of amides is 1. The van der Waals surface area contributed by atoms with Crippen LogP contribution in [-0.2, 0) is 9.53 Å². The van der Waals surface area contributed by atoms with Crippen molar-refractivity contribution >= 4 is 12.1 Å². The molecule has 0 bridgehead atoms. The number of carbonyl (C=O) groups excluding carboxylic acids is 1. The number of alkyl carbamates (subject to hydrolysis) is 1. The lowest BCUT2D eigenvalue weighted by Gasteiger charge is -2.10. The van der Waals surface area contributed by atoms with Crippen molar-refractivity contribution < 1.29 is 19.4 Å². The molecule has 0 aliphatic rings. The van der Waals surface area contributed by atoms with Crippen LogP contribution >= 0.6 is 0 Å². The molecule has 5 nitrogen and oxygen atoms in total. The summed E-state index contributed by atoms with van der Waals surface area (Å²) in [6.07, 6.45) is 1.60. The second kappa shape index (κ2) is 7.73. The summed E-state index contributed by atoms with van der Waals surface area (Å²) in [5.74, 6) is -1.04. The highest BCUT2D eigenvalue weighted by Gasteiger charge is 2.11. The van der Waals surface area contributed by atoms with Gasteiger partial charge in [0, 0.05) is 5.70 Å². The Kier molecular flexibility index (Phi) is 7.00. The maximum Gasteiger partial charge on any atom is 0.411 e. The van der Waals surface area contributed by atoms with E-state index in [1.54, 1.807) is 6.92 Å². The molecule has 0 saturated heterocycles. The van der Waals surface area contributed by atoms with Crippen LogP contribution in [0.15, 0.2) is 11.3 Å². The fourth-order valence-electron chi connectivity index (χ4n) is 1.04. The van der Waals surface area contributed by atoms with Crippen LogP contribution < -0.4 is 5.32 Å². The third-order valence-corrected chi connectivity index (χ3v) is 2.11. The third-order valence-electron chi connectivity index (χ3n) is 2.11. The van der Waals surface area contributed by atoms with E-state index in [-0.39, 0.29) is 5.57 Å². The zero-order valence-corrected chi connectivity index (χ0v) is 10.0. The molecule has 0 spiro atoms. The Balaban J connectivity index is 4.28. The van der Waals surface area contributed by atoms with Crippen molar-refractivity contribution in [1.82, 2.24) is 5.32 Å². The van der Waals surface area contributed by atoms with E-state index in [4.69, 9.17) is 9.84 Å². The number of hydrogen-bond donors (Lipinski definition) is 2. The van der Waals surface area contributed by atoms with Crippen molar-refractivity contribution in [3.63, 3.8) is 0 Å². The minimum Gasteiger partial charge on any atom is -0.478 e. The molecule has 0 rings (SSSR count). The fraction of sp³-hybridized carbons (Fsp3) is 0.636. The lowest BCUT2D eigenvalue weighted by Crippen LogP contribution is -2.26. The fourth-order valence-corrected chi connectivity index (χ4v) is 1.04. The topological polar surface area (TPSA) is 75.6 Å². The quantitative estimate of drug-likeness (QED) is 0.541. The first kappa shape index (κ1) is 14.5. The van der Waals surface area contributed by atoms with Gasteiger partial charge < -0.3 is 9.84 Å². The summed E-state index contributed by atoms with van der Waals surface area (Å²) < 4.78 is 4.87. The number of nitrogens with one attached hydrogen (secondary N) is 1. The van der Waals surface area contributed by atoms with E-state index in [9.17, 15) is 9.59 Å². The van der Waals surface area contributed by atoms with E-state index >= 15 is 0 Å². The molecule has 0 saturated carbocycles. The van der Waals surface area contributed by atoms with E-state index in [2.05, 4.69) is 5.32 Å². The summed E-state index contributed by atoms with van der Waals surface area (Å²) >= 11 is 0. The van der Waals surface area contributed by atoms with Gasteiger partial charge in [-0.25, -0.2) is 9.59 Å². The molecule has 0 unspecified atom stereocenters. The number of hydrogen-bond acceptors (Lipinski definition) is 3. The van der Waals surface area contributed by atoms with Gasteiger partial charge >= 0.3 is 12.1 Å². The molecule has 1 amide bonds. The highest BCUT2D eigenvalue weighted by Crippen LogP contribution is 2.05. The first-order valence-corrected chi connectivity index (χ1v) is 5.39. The van der Waals surface area contributed by atoms with Gasteiger partial charge in [0.2, 0.25) is 0 Å². The van der Waals surface area contributed by atoms with Crippen molar-refractivity contribution in [2.45, 2.75) is 40.0 Å². The van der Waals surface area contributed by atoms with E-state index in [1.807, 2.05) is 6.92 Å². The van der Waals surface area contributed by atoms with Crippen LogP contribution in [0.3, 0.4) is 0 Å². The van der Waals surface area contributed by atoms with Crippen LogP contribution in [0.4, 0.5) is 4.79 Å². The Morgan fingerprint density at radius 3 is 2.38 bits per heavy atom. The highest BCUT2D eigenvalue weighted by atomic mass is 16.5. The minimum atomic E-state index is -1.04. The van der Waals surface area contributed by atoms with Crippen LogP contribution in [0.2, 0.25) is 0 Å². The number of aliphatic carboxylic acids is 1. The second-order valence-corrected chi connectivity index (χ2v) is 3.38. The molecule has 16 heavy (non-hydrogen) atoms. The minimum absolute atomic E-state index is 0.134. The molecule has 0 aromatic heterocycles. The highest BCUT2D eigenvalue weighted by molar-refractivity contribution is 5.87. The average molecular weight is 229 g/mol. The molecule has 0 radical (unpaired) electrons. The number of carboxylic acid groups (broad SMARTS) is 1. The normalized spacial score (nSPS) is 11.7. The van der Waals surface area contributed by atoms with E-state index in [0.717, 1.165) is 12.8 Å². The summed E-state index contributed by atoms with van der Waals surface area (Å²) in [6.45, 7) is 5.57. The second-order valence-electron chi connectivity index (χ2n) is 3.38. The molecular formula is C11H19NO4. The summed E-state index contributed by atoms with van der Waals surface area (Å²) in [5.41, 5.74) is 0.518. The largest absolute Gasteiger partial charge is 0.478 e. The molecule has 0 fully saturated rings. The lowest BCUT2D eigenvalue weighted by atomic mass is 10.2. The Morgan fingerprint density at radius 2 is 1.94 bits per heavy atom. The van der Waals surface area contributed by atoms with Crippen molar-refractivity contribution in [3.05, 3.63) is 11.3 Å². The van der Waals surface area contributed by atoms with E-state index in [1.165, 1.54) is 6.92 Å². The lowest BCUT2D eigenvalue weighted by molar-refractivity contribution is -0.132. The SMILES string of the molecule is CCCCOC(=O)NC(CC)=C(C)C(=O)O. The number of ether oxygens (including phenoxy) is 1. The molecule has 0 aromatic carbocycles. The maximum absolute atomic E-state index is 11.3. The van der Waals surface area contributed by atoms with Gasteiger partial charge in [0.1, 0.15) is 0 Å². The number of rotatable bonds is 6. The Labute approximate surface area is 95.5 Å². The zero-order valence-electron chi connectivity index (χ0n) is 10.0. The molecule has 0 aliphatic carbocycles. The summed E-state index contributed by atoms with van der Waals surface area (Å²) in [5, 5.41) is 11.2. The maximum atomic E-state index is 11.3. The van der Waals surface area contributed by atoms with E-state index < -0.39 is 12.1 Å². The predicted molar refractivity (Wildman–Crippen MR) is 60.0 cm³/mol. The van der Waals surface area contributed by atoms with Crippen LogP contribution in [0.1, 0.15) is 40.0 Å². The van der Waals surface area contributed by atoms with Gasteiger partial charge in [-0.15, -0.1) is 0 Å². The Morgan fingerprint density at radius 1 is 1.31 bits per heavy atom.